The number of nitrogens with zero attached hydrogens (tertiary/aromatic N) is 1. The predicted molar refractivity (Wildman–Crippen MR) is 166 cm³/mol. The minimum atomic E-state index is -1.01. The monoisotopic (exact) mass is 691 g/mol. The van der Waals surface area contributed by atoms with Crippen LogP contribution < -0.4 is 18.9 Å². The van der Waals surface area contributed by atoms with E-state index < -0.39 is 23.8 Å². The lowest BCUT2D eigenvalue weighted by molar-refractivity contribution is -0.145. The lowest BCUT2D eigenvalue weighted by Gasteiger charge is -2.16. The Hall–Kier alpha value is -3.84. The summed E-state index contributed by atoms with van der Waals surface area (Å²) in [6, 6.07) is 7.18. The van der Waals surface area contributed by atoms with E-state index >= 15 is 0 Å². The van der Waals surface area contributed by atoms with Crippen molar-refractivity contribution in [2.45, 2.75) is 46.2 Å². The number of ketones is 1. The molecule has 2 N–H and O–H groups in total. The van der Waals surface area contributed by atoms with Gasteiger partial charge in [0.05, 0.1) is 48.6 Å². The average Bonchev–Trinajstić information content (AvgIpc) is 3.61. The van der Waals surface area contributed by atoms with Crippen molar-refractivity contribution in [1.29, 1.82) is 0 Å². The number of thiophene rings is 1. The number of halogens is 1. The number of hydrogen-bond acceptors (Lipinski definition) is 9. The molecule has 0 fully saturated rings. The highest BCUT2D eigenvalue weighted by molar-refractivity contribution is 9.10. The zero-order valence-corrected chi connectivity index (χ0v) is 27.2. The first-order chi connectivity index (χ1) is 20.9. The van der Waals surface area contributed by atoms with Gasteiger partial charge >= 0.3 is 11.9 Å². The molecule has 1 aliphatic rings. The quantitative estimate of drug-likeness (QED) is 0.148. The van der Waals surface area contributed by atoms with Gasteiger partial charge in [0.2, 0.25) is 5.91 Å². The van der Waals surface area contributed by atoms with E-state index in [1.54, 1.807) is 23.1 Å². The van der Waals surface area contributed by atoms with Gasteiger partial charge in [-0.25, -0.2) is 0 Å². The maximum atomic E-state index is 12.7. The summed E-state index contributed by atoms with van der Waals surface area (Å²) in [5.41, 5.74) is 1.79. The van der Waals surface area contributed by atoms with E-state index in [-0.39, 0.29) is 24.5 Å². The number of rotatable bonds is 15. The molecule has 0 saturated carbocycles. The Morgan fingerprint density at radius 3 is 2.18 bits per heavy atom. The molecule has 1 amide bonds. The fraction of sp³-hybridized carbons (Fsp3) is 0.419. The lowest BCUT2D eigenvalue weighted by Crippen LogP contribution is -2.28. The summed E-state index contributed by atoms with van der Waals surface area (Å²) in [6.45, 7) is 4.34. The minimum absolute atomic E-state index is 0.0725. The number of carbonyl (C=O) groups is 4. The molecule has 4 rings (SSSR count). The van der Waals surface area contributed by atoms with Gasteiger partial charge in [-0.1, -0.05) is 13.8 Å². The molecule has 13 heteroatoms. The molecular weight excluding hydrogens is 658 g/mol. The first-order valence-electron chi connectivity index (χ1n) is 13.9. The van der Waals surface area contributed by atoms with Gasteiger partial charge in [0.25, 0.3) is 0 Å². The molecule has 0 spiro atoms. The van der Waals surface area contributed by atoms with E-state index in [1.165, 1.54) is 39.4 Å². The first-order valence-corrected chi connectivity index (χ1v) is 15.6. The first kappa shape index (κ1) is 33.1. The van der Waals surface area contributed by atoms with E-state index in [0.29, 0.717) is 65.1 Å². The third kappa shape index (κ3) is 7.44. The molecule has 0 unspecified atom stereocenters. The van der Waals surface area contributed by atoms with Crippen LogP contribution in [0.2, 0.25) is 0 Å². The molecule has 0 aliphatic carbocycles. The smallest absolute Gasteiger partial charge is 0.306 e. The molecule has 236 valence electrons. The van der Waals surface area contributed by atoms with Crippen LogP contribution in [0.3, 0.4) is 0 Å². The number of methoxy groups -OCH3 is 2. The maximum absolute atomic E-state index is 12.7. The molecular formula is C31H34BrNO10S. The number of benzene rings is 2. The van der Waals surface area contributed by atoms with Crippen molar-refractivity contribution in [3.05, 3.63) is 44.7 Å². The topological polar surface area (TPSA) is 149 Å². The number of carboxylic acid groups (broad SMARTS) is 2. The summed E-state index contributed by atoms with van der Waals surface area (Å²) < 4.78 is 24.6. The summed E-state index contributed by atoms with van der Waals surface area (Å²) in [6.07, 6.45) is 0.380. The number of ether oxygens (including phenoxy) is 4. The number of hydrogen-bond donors (Lipinski definition) is 2. The van der Waals surface area contributed by atoms with E-state index in [1.807, 2.05) is 6.07 Å². The minimum Gasteiger partial charge on any atom is -0.493 e. The van der Waals surface area contributed by atoms with Gasteiger partial charge in [0.15, 0.2) is 28.8 Å². The number of carbonyl (C=O) groups excluding carboxylic acids is 2. The lowest BCUT2D eigenvalue weighted by atomic mass is 10.0. The number of aliphatic carboxylic acids is 2. The Bertz CT molecular complexity index is 1590. The van der Waals surface area contributed by atoms with Crippen LogP contribution in [0.4, 0.5) is 0 Å². The Labute approximate surface area is 266 Å². The van der Waals surface area contributed by atoms with E-state index in [2.05, 4.69) is 15.9 Å². The number of fused-ring (bicyclic) bond motifs is 2. The van der Waals surface area contributed by atoms with Crippen LogP contribution in [-0.2, 0) is 27.5 Å². The number of Topliss-reactive ketones (excluding diaryl/α,β-unsaturated/α-hetero) is 1. The maximum Gasteiger partial charge on any atom is 0.306 e. The average molecular weight is 693 g/mol. The zero-order chi connectivity index (χ0) is 32.1. The molecule has 0 saturated heterocycles. The Balaban J connectivity index is 1.37. The number of carboxylic acids is 2. The molecule has 1 aromatic heterocycles. The summed E-state index contributed by atoms with van der Waals surface area (Å²) in [4.78, 5) is 49.7. The van der Waals surface area contributed by atoms with Crippen molar-refractivity contribution in [2.75, 3.05) is 27.4 Å². The van der Waals surface area contributed by atoms with Gasteiger partial charge in [-0.3, -0.25) is 19.2 Å². The second kappa shape index (κ2) is 14.3. The normalized spacial score (nSPS) is 13.7. The largest absolute Gasteiger partial charge is 0.493 e. The van der Waals surface area contributed by atoms with Crippen molar-refractivity contribution in [3.8, 4) is 23.0 Å². The van der Waals surface area contributed by atoms with Crippen LogP contribution in [-0.4, -0.2) is 66.2 Å². The molecule has 1 aliphatic heterocycles. The second-order valence-corrected chi connectivity index (χ2v) is 12.5. The molecule has 44 heavy (non-hydrogen) atoms. The fourth-order valence-corrected chi connectivity index (χ4v) is 6.52. The SMILES string of the molecule is COc1cc2sc(C(=O)C[C@H](C)C(=O)O)cc2cc1OCCCOc1cc2c(c(Br)c1OC)CN(C(=O)C[C@H](C)C(=O)O)C2. The Morgan fingerprint density at radius 2 is 1.55 bits per heavy atom. The molecule has 2 heterocycles. The fourth-order valence-electron chi connectivity index (χ4n) is 4.76. The van der Waals surface area contributed by atoms with Gasteiger partial charge in [0.1, 0.15) is 0 Å². The van der Waals surface area contributed by atoms with Crippen molar-refractivity contribution in [3.63, 3.8) is 0 Å². The Kier molecular flexibility index (Phi) is 10.7. The molecule has 0 bridgehead atoms. The van der Waals surface area contributed by atoms with Crippen LogP contribution in [0, 0.1) is 11.8 Å². The molecule has 11 nitrogen and oxygen atoms in total. The van der Waals surface area contributed by atoms with Crippen molar-refractivity contribution < 1.29 is 48.3 Å². The standard InChI is InChI=1S/C31H34BrNO10S/c1-16(30(36)37)8-21(34)26-12-18-10-23(22(40-3)13-25(18)44-26)42-6-5-7-43-24-11-19-14-33(27(35)9-17(2)31(38)39)15-20(19)28(32)29(24)41-4/h10-13,16-17H,5-9,14-15H2,1-4H3,(H,36,37)(H,38,39)/t16-,17-/m0/s1. The van der Waals surface area contributed by atoms with Gasteiger partial charge in [-0.2, -0.15) is 0 Å². The van der Waals surface area contributed by atoms with Crippen LogP contribution in [0.1, 0.15) is 53.9 Å². The van der Waals surface area contributed by atoms with Crippen molar-refractivity contribution in [2.24, 2.45) is 11.8 Å². The van der Waals surface area contributed by atoms with E-state index in [4.69, 9.17) is 29.2 Å². The van der Waals surface area contributed by atoms with E-state index in [0.717, 1.165) is 21.2 Å². The predicted octanol–water partition coefficient (Wildman–Crippen LogP) is 5.78. The van der Waals surface area contributed by atoms with Crippen LogP contribution in [0.15, 0.2) is 28.7 Å². The van der Waals surface area contributed by atoms with E-state index in [9.17, 15) is 19.2 Å². The second-order valence-electron chi connectivity index (χ2n) is 10.6. The molecule has 2 atom stereocenters. The Morgan fingerprint density at radius 1 is 0.886 bits per heavy atom. The van der Waals surface area contributed by atoms with Crippen molar-refractivity contribution in [1.82, 2.24) is 4.90 Å². The highest BCUT2D eigenvalue weighted by Crippen LogP contribution is 2.43. The van der Waals surface area contributed by atoms with Gasteiger partial charge < -0.3 is 34.1 Å². The number of amides is 1. The zero-order valence-electron chi connectivity index (χ0n) is 24.8. The van der Waals surface area contributed by atoms with Crippen molar-refractivity contribution >= 4 is 61.0 Å². The molecule has 0 radical (unpaired) electrons. The van der Waals surface area contributed by atoms with Crippen LogP contribution in [0.5, 0.6) is 23.0 Å². The summed E-state index contributed by atoms with van der Waals surface area (Å²) in [5.74, 6) is -1.95. The van der Waals surface area contributed by atoms with Gasteiger partial charge in [-0.05, 0) is 50.6 Å². The summed E-state index contributed by atoms with van der Waals surface area (Å²) >= 11 is 4.88. The van der Waals surface area contributed by atoms with Gasteiger partial charge in [0, 0.05) is 43.1 Å². The summed E-state index contributed by atoms with van der Waals surface area (Å²) in [5, 5.41) is 19.1. The van der Waals surface area contributed by atoms with Crippen LogP contribution in [0.25, 0.3) is 10.1 Å². The highest BCUT2D eigenvalue weighted by atomic mass is 79.9. The van der Waals surface area contributed by atoms with Gasteiger partial charge in [-0.15, -0.1) is 11.3 Å². The molecule has 2 aromatic carbocycles. The third-order valence-electron chi connectivity index (χ3n) is 7.34. The highest BCUT2D eigenvalue weighted by Gasteiger charge is 2.30. The molecule has 3 aromatic rings. The third-order valence-corrected chi connectivity index (χ3v) is 9.32. The van der Waals surface area contributed by atoms with Crippen LogP contribution >= 0.6 is 27.3 Å². The summed E-state index contributed by atoms with van der Waals surface area (Å²) in [7, 11) is 3.07.